The van der Waals surface area contributed by atoms with E-state index < -0.39 is 34.8 Å². The third kappa shape index (κ3) is 3.21. The van der Waals surface area contributed by atoms with Crippen LogP contribution in [0.1, 0.15) is 18.4 Å². The summed E-state index contributed by atoms with van der Waals surface area (Å²) in [6.45, 7) is 0. The lowest BCUT2D eigenvalue weighted by atomic mass is 10.1. The molecule has 0 aliphatic heterocycles. The summed E-state index contributed by atoms with van der Waals surface area (Å²) in [6.07, 6.45) is -0.500. The summed E-state index contributed by atoms with van der Waals surface area (Å²) in [5.41, 5.74) is -1.03. The predicted molar refractivity (Wildman–Crippen MR) is 50.0 cm³/mol. The molecule has 1 aromatic rings. The number of aliphatic carboxylic acids is 1. The van der Waals surface area contributed by atoms with Gasteiger partial charge in [-0.15, -0.1) is 0 Å². The van der Waals surface area contributed by atoms with Crippen molar-refractivity contribution < 1.29 is 27.5 Å². The molecule has 90 valence electrons. The second-order valence-electron chi connectivity index (χ2n) is 3.04. The van der Waals surface area contributed by atoms with Crippen LogP contribution in [0.3, 0.4) is 0 Å². The fourth-order valence-electron chi connectivity index (χ4n) is 1.00. The monoisotopic (exact) mass is 246 g/mol. The third-order valence-electron chi connectivity index (χ3n) is 1.79. The summed E-state index contributed by atoms with van der Waals surface area (Å²) >= 11 is 0. The molecule has 1 aromatic carbocycles. The Morgan fingerprint density at radius 2 is 1.71 bits per heavy atom. The quantitative estimate of drug-likeness (QED) is 0.494. The Labute approximate surface area is 93.9 Å². The second-order valence-corrected chi connectivity index (χ2v) is 3.04. The normalized spacial score (nSPS) is 9.65. The van der Waals surface area contributed by atoms with Gasteiger partial charge in [0, 0.05) is 12.5 Å². The molecule has 0 aliphatic carbocycles. The standard InChI is InChI=1S/C11H6F4O2/c12-7-5-8(13)11(15)6(10(7)14)3-1-2-4-9(16)17/h5H,2,4H2,(H,16,17). The maximum absolute atomic E-state index is 13.0. The van der Waals surface area contributed by atoms with Crippen molar-refractivity contribution in [2.24, 2.45) is 0 Å². The molecule has 0 aliphatic rings. The van der Waals surface area contributed by atoms with Crippen molar-refractivity contribution in [3.05, 3.63) is 34.9 Å². The van der Waals surface area contributed by atoms with Crippen LogP contribution >= 0.6 is 0 Å². The van der Waals surface area contributed by atoms with Gasteiger partial charge in [0.15, 0.2) is 23.3 Å². The van der Waals surface area contributed by atoms with Gasteiger partial charge in [-0.1, -0.05) is 11.8 Å². The number of halogens is 4. The minimum absolute atomic E-state index is 0.0765. The average Bonchev–Trinajstić information content (AvgIpc) is 2.25. The highest BCUT2D eigenvalue weighted by molar-refractivity contribution is 5.67. The van der Waals surface area contributed by atoms with Gasteiger partial charge in [0.05, 0.1) is 6.42 Å². The number of rotatable bonds is 2. The Kier molecular flexibility index (Phi) is 4.10. The van der Waals surface area contributed by atoms with E-state index in [0.29, 0.717) is 0 Å². The number of carboxylic acid groups (broad SMARTS) is 1. The topological polar surface area (TPSA) is 37.3 Å². The van der Waals surface area contributed by atoms with E-state index in [4.69, 9.17) is 5.11 Å². The van der Waals surface area contributed by atoms with Gasteiger partial charge < -0.3 is 5.11 Å². The molecule has 0 radical (unpaired) electrons. The highest BCUT2D eigenvalue weighted by Crippen LogP contribution is 2.18. The van der Waals surface area contributed by atoms with Gasteiger partial charge in [0.2, 0.25) is 0 Å². The number of carboxylic acids is 1. The molecule has 0 saturated carbocycles. The Bertz CT molecular complexity index is 488. The molecule has 1 N–H and O–H groups in total. The molecule has 17 heavy (non-hydrogen) atoms. The van der Waals surface area contributed by atoms with Gasteiger partial charge >= 0.3 is 5.97 Å². The first kappa shape index (κ1) is 13.0. The molecule has 0 fully saturated rings. The van der Waals surface area contributed by atoms with Crippen LogP contribution in [-0.4, -0.2) is 11.1 Å². The van der Waals surface area contributed by atoms with Crippen LogP contribution in [0, 0.1) is 35.1 Å². The lowest BCUT2D eigenvalue weighted by Gasteiger charge is -1.99. The molecule has 6 heteroatoms. The first-order valence-electron chi connectivity index (χ1n) is 4.47. The van der Waals surface area contributed by atoms with Gasteiger partial charge in [0.25, 0.3) is 0 Å². The first-order valence-corrected chi connectivity index (χ1v) is 4.47. The van der Waals surface area contributed by atoms with Crippen LogP contribution in [0.2, 0.25) is 0 Å². The molecule has 1 rings (SSSR count). The van der Waals surface area contributed by atoms with Gasteiger partial charge in [-0.05, 0) is 0 Å². The van der Waals surface area contributed by atoms with Crippen molar-refractivity contribution in [2.75, 3.05) is 0 Å². The van der Waals surface area contributed by atoms with Crippen LogP contribution in [0.5, 0.6) is 0 Å². The molecular formula is C11H6F4O2. The summed E-state index contributed by atoms with van der Waals surface area (Å²) in [5, 5.41) is 8.27. The van der Waals surface area contributed by atoms with Crippen molar-refractivity contribution >= 4 is 5.97 Å². The molecule has 2 nitrogen and oxygen atoms in total. The van der Waals surface area contributed by atoms with E-state index >= 15 is 0 Å². The molecule has 0 spiro atoms. The number of hydrogen-bond acceptors (Lipinski definition) is 1. The van der Waals surface area contributed by atoms with E-state index in [1.165, 1.54) is 0 Å². The summed E-state index contributed by atoms with van der Waals surface area (Å²) in [4.78, 5) is 10.1. The predicted octanol–water partition coefficient (Wildman–Crippen LogP) is 2.46. The molecule has 0 amide bonds. The molecule has 0 unspecified atom stereocenters. The molecule has 0 atom stereocenters. The lowest BCUT2D eigenvalue weighted by Crippen LogP contribution is -1.99. The van der Waals surface area contributed by atoms with E-state index in [0.717, 1.165) is 0 Å². The number of hydrogen-bond donors (Lipinski definition) is 1. The molecule has 0 aromatic heterocycles. The van der Waals surface area contributed by atoms with E-state index in [1.807, 2.05) is 5.92 Å². The lowest BCUT2D eigenvalue weighted by molar-refractivity contribution is -0.136. The summed E-state index contributed by atoms with van der Waals surface area (Å²) < 4.78 is 51.5. The molecule has 0 bridgehead atoms. The van der Waals surface area contributed by atoms with Gasteiger partial charge in [-0.25, -0.2) is 17.6 Å². The van der Waals surface area contributed by atoms with Crippen LogP contribution in [0.25, 0.3) is 0 Å². The van der Waals surface area contributed by atoms with Gasteiger partial charge in [-0.2, -0.15) is 0 Å². The zero-order valence-electron chi connectivity index (χ0n) is 8.36. The van der Waals surface area contributed by atoms with Crippen molar-refractivity contribution in [3.8, 4) is 11.8 Å². The van der Waals surface area contributed by atoms with E-state index in [9.17, 15) is 22.4 Å². The van der Waals surface area contributed by atoms with Crippen molar-refractivity contribution in [1.82, 2.24) is 0 Å². The largest absolute Gasteiger partial charge is 0.481 e. The Morgan fingerprint density at radius 1 is 1.18 bits per heavy atom. The highest BCUT2D eigenvalue weighted by atomic mass is 19.2. The van der Waals surface area contributed by atoms with Gasteiger partial charge in [0.1, 0.15) is 5.56 Å². The smallest absolute Gasteiger partial charge is 0.304 e. The molecular weight excluding hydrogens is 240 g/mol. The van der Waals surface area contributed by atoms with Crippen LogP contribution in [-0.2, 0) is 4.79 Å². The Morgan fingerprint density at radius 3 is 2.18 bits per heavy atom. The number of benzene rings is 1. The van der Waals surface area contributed by atoms with E-state index in [-0.39, 0.29) is 18.9 Å². The first-order chi connectivity index (χ1) is 7.93. The molecule has 0 heterocycles. The van der Waals surface area contributed by atoms with Crippen LogP contribution in [0.4, 0.5) is 17.6 Å². The number of carbonyl (C=O) groups is 1. The fraction of sp³-hybridized carbons (Fsp3) is 0.182. The highest BCUT2D eigenvalue weighted by Gasteiger charge is 2.17. The van der Waals surface area contributed by atoms with Crippen molar-refractivity contribution in [1.29, 1.82) is 0 Å². The Hall–Kier alpha value is -2.03. The van der Waals surface area contributed by atoms with Crippen molar-refractivity contribution in [2.45, 2.75) is 12.8 Å². The minimum atomic E-state index is -1.59. The zero-order valence-corrected chi connectivity index (χ0v) is 8.36. The SMILES string of the molecule is O=C(O)CCC#Cc1c(F)c(F)cc(F)c1F. The van der Waals surface area contributed by atoms with Gasteiger partial charge in [-0.3, -0.25) is 4.79 Å². The maximum Gasteiger partial charge on any atom is 0.304 e. The fourth-order valence-corrected chi connectivity index (χ4v) is 1.00. The molecule has 0 saturated heterocycles. The van der Waals surface area contributed by atoms with E-state index in [1.54, 1.807) is 0 Å². The zero-order chi connectivity index (χ0) is 13.0. The van der Waals surface area contributed by atoms with Crippen LogP contribution in [0.15, 0.2) is 6.07 Å². The summed E-state index contributed by atoms with van der Waals surface area (Å²) in [6, 6.07) is 0.0765. The minimum Gasteiger partial charge on any atom is -0.481 e. The van der Waals surface area contributed by atoms with E-state index in [2.05, 4.69) is 5.92 Å². The van der Waals surface area contributed by atoms with Crippen LogP contribution < -0.4 is 0 Å². The Balaban J connectivity index is 3.01. The maximum atomic E-state index is 13.0. The average molecular weight is 246 g/mol. The van der Waals surface area contributed by atoms with Crippen molar-refractivity contribution in [3.63, 3.8) is 0 Å². The third-order valence-corrected chi connectivity index (χ3v) is 1.79. The second kappa shape index (κ2) is 5.34. The summed E-state index contributed by atoms with van der Waals surface area (Å²) in [7, 11) is 0. The summed E-state index contributed by atoms with van der Waals surface area (Å²) in [5.74, 6) is -3.41.